The molecule has 0 radical (unpaired) electrons. The van der Waals surface area contributed by atoms with Crippen molar-refractivity contribution in [3.8, 4) is 22.9 Å². The third kappa shape index (κ3) is 4.53. The number of carbonyl (C=O) groups is 1. The lowest BCUT2D eigenvalue weighted by molar-refractivity contribution is -0.137. The molecule has 0 spiro atoms. The summed E-state index contributed by atoms with van der Waals surface area (Å²) in [5.74, 6) is 0.348. The van der Waals surface area contributed by atoms with Crippen LogP contribution in [0, 0.1) is 0 Å². The van der Waals surface area contributed by atoms with Crippen LogP contribution in [0.2, 0.25) is 0 Å². The van der Waals surface area contributed by atoms with E-state index in [9.17, 15) is 18.0 Å². The first-order valence-corrected chi connectivity index (χ1v) is 9.92. The maximum atomic E-state index is 13.0. The summed E-state index contributed by atoms with van der Waals surface area (Å²) < 4.78 is 51.0. The Morgan fingerprint density at radius 2 is 2.00 bits per heavy atom. The van der Waals surface area contributed by atoms with Crippen molar-refractivity contribution in [3.63, 3.8) is 0 Å². The average molecular weight is 446 g/mol. The van der Waals surface area contributed by atoms with Crippen molar-refractivity contribution in [2.24, 2.45) is 7.05 Å². The van der Waals surface area contributed by atoms with Crippen molar-refractivity contribution in [2.75, 3.05) is 20.2 Å². The van der Waals surface area contributed by atoms with Crippen molar-refractivity contribution in [3.05, 3.63) is 59.9 Å². The van der Waals surface area contributed by atoms with Crippen LogP contribution in [-0.2, 0) is 13.2 Å². The molecule has 1 amide bonds. The van der Waals surface area contributed by atoms with Crippen LogP contribution in [-0.4, -0.2) is 51.9 Å². The third-order valence-electron chi connectivity index (χ3n) is 5.25. The molecule has 10 heteroatoms. The number of nitrogens with zero attached hydrogens (tertiary/aromatic N) is 4. The van der Waals surface area contributed by atoms with Gasteiger partial charge in [-0.25, -0.2) is 4.98 Å². The first-order valence-electron chi connectivity index (χ1n) is 9.92. The predicted molar refractivity (Wildman–Crippen MR) is 109 cm³/mol. The van der Waals surface area contributed by atoms with Crippen LogP contribution in [0.3, 0.4) is 0 Å². The molecule has 0 aliphatic carbocycles. The van der Waals surface area contributed by atoms with Gasteiger partial charge in [-0.3, -0.25) is 9.48 Å². The van der Waals surface area contributed by atoms with E-state index in [4.69, 9.17) is 9.47 Å². The minimum atomic E-state index is -4.47. The Kier molecular flexibility index (Phi) is 5.77. The van der Waals surface area contributed by atoms with Crippen molar-refractivity contribution in [1.82, 2.24) is 19.7 Å². The molecule has 0 N–H and O–H groups in total. The maximum absolute atomic E-state index is 13.0. The topological polar surface area (TPSA) is 69.5 Å². The lowest BCUT2D eigenvalue weighted by atomic mass is 10.1. The Hall–Kier alpha value is -3.56. The number of methoxy groups -OCH3 is 1. The number of hydrogen-bond donors (Lipinski definition) is 0. The molecule has 2 aromatic heterocycles. The number of aryl methyl sites for hydroxylation is 1. The van der Waals surface area contributed by atoms with Crippen LogP contribution < -0.4 is 9.47 Å². The molecule has 1 aromatic carbocycles. The molecule has 7 nitrogen and oxygen atoms in total. The van der Waals surface area contributed by atoms with E-state index in [2.05, 4.69) is 10.1 Å². The van der Waals surface area contributed by atoms with Crippen LogP contribution in [0.4, 0.5) is 13.2 Å². The molecule has 0 bridgehead atoms. The van der Waals surface area contributed by atoms with Gasteiger partial charge in [-0.1, -0.05) is 12.1 Å². The summed E-state index contributed by atoms with van der Waals surface area (Å²) in [6.07, 6.45) is -3.37. The van der Waals surface area contributed by atoms with Crippen LogP contribution >= 0.6 is 0 Å². The number of amides is 1. The minimum absolute atomic E-state index is 0.111. The smallest absolute Gasteiger partial charge is 0.416 e. The van der Waals surface area contributed by atoms with E-state index >= 15 is 0 Å². The molecule has 1 saturated heterocycles. The number of rotatable bonds is 5. The van der Waals surface area contributed by atoms with Gasteiger partial charge in [-0.15, -0.1) is 0 Å². The van der Waals surface area contributed by atoms with E-state index < -0.39 is 17.8 Å². The van der Waals surface area contributed by atoms with E-state index in [0.717, 1.165) is 23.9 Å². The molecule has 32 heavy (non-hydrogen) atoms. The van der Waals surface area contributed by atoms with Gasteiger partial charge in [0, 0.05) is 37.8 Å². The molecular formula is C22H21F3N4O3. The minimum Gasteiger partial charge on any atom is -0.497 e. The normalized spacial score (nSPS) is 16.3. The van der Waals surface area contributed by atoms with Gasteiger partial charge < -0.3 is 14.4 Å². The van der Waals surface area contributed by atoms with Crippen LogP contribution in [0.5, 0.6) is 11.6 Å². The summed E-state index contributed by atoms with van der Waals surface area (Å²) in [6.45, 7) is 0.665. The monoisotopic (exact) mass is 446 g/mol. The molecule has 1 aliphatic heterocycles. The highest BCUT2D eigenvalue weighted by molar-refractivity contribution is 5.94. The molecule has 3 heterocycles. The molecule has 1 aliphatic rings. The number of pyridine rings is 1. The molecule has 168 valence electrons. The van der Waals surface area contributed by atoms with Gasteiger partial charge in [0.2, 0.25) is 5.88 Å². The first-order chi connectivity index (χ1) is 15.2. The van der Waals surface area contributed by atoms with Crippen molar-refractivity contribution in [1.29, 1.82) is 0 Å². The van der Waals surface area contributed by atoms with E-state index in [1.165, 1.54) is 4.68 Å². The molecule has 0 saturated carbocycles. The second-order valence-corrected chi connectivity index (χ2v) is 7.43. The van der Waals surface area contributed by atoms with Gasteiger partial charge in [0.1, 0.15) is 17.5 Å². The predicted octanol–water partition coefficient (Wildman–Crippen LogP) is 3.80. The molecule has 4 rings (SSSR count). The number of carbonyl (C=O) groups excluding carboxylic acids is 1. The number of aromatic nitrogens is 3. The molecule has 1 fully saturated rings. The summed E-state index contributed by atoms with van der Waals surface area (Å²) in [6, 6.07) is 10.8. The van der Waals surface area contributed by atoms with E-state index in [1.54, 1.807) is 25.1 Å². The Labute approximate surface area is 182 Å². The number of likely N-dealkylation sites (tertiary alicyclic amines) is 1. The standard InChI is InChI=1S/C22H21F3N4O3/c1-28-19(12-18(27-28)14-4-3-5-16(10-14)31-2)21(30)29-9-7-17(13-29)32-20-11-15(6-8-26-20)22(23,24)25/h3-6,8,10-12,17H,7,9,13H2,1-2H3. The van der Waals surface area contributed by atoms with E-state index in [-0.39, 0.29) is 18.3 Å². The fourth-order valence-electron chi connectivity index (χ4n) is 3.58. The second-order valence-electron chi connectivity index (χ2n) is 7.43. The molecule has 3 aromatic rings. The van der Waals surface area contributed by atoms with Crippen LogP contribution in [0.15, 0.2) is 48.7 Å². The van der Waals surface area contributed by atoms with Gasteiger partial charge >= 0.3 is 6.18 Å². The number of hydrogen-bond acceptors (Lipinski definition) is 5. The second kappa shape index (κ2) is 8.52. The highest BCUT2D eigenvalue weighted by Crippen LogP contribution is 2.31. The summed E-state index contributed by atoms with van der Waals surface area (Å²) in [5, 5.41) is 4.43. The maximum Gasteiger partial charge on any atom is 0.416 e. The fourth-order valence-corrected chi connectivity index (χ4v) is 3.58. The lowest BCUT2D eigenvalue weighted by Gasteiger charge is -2.17. The van der Waals surface area contributed by atoms with Crippen molar-refractivity contribution < 1.29 is 27.4 Å². The Balaban J connectivity index is 1.45. The number of benzene rings is 1. The van der Waals surface area contributed by atoms with Gasteiger partial charge in [-0.2, -0.15) is 18.3 Å². The van der Waals surface area contributed by atoms with Gasteiger partial charge in [0.25, 0.3) is 5.91 Å². The Morgan fingerprint density at radius 1 is 1.19 bits per heavy atom. The molecular weight excluding hydrogens is 425 g/mol. The quantitative estimate of drug-likeness (QED) is 0.596. The zero-order chi connectivity index (χ0) is 22.9. The Morgan fingerprint density at radius 3 is 2.75 bits per heavy atom. The number of alkyl halides is 3. The third-order valence-corrected chi connectivity index (χ3v) is 5.25. The SMILES string of the molecule is COc1cccc(-c2cc(C(=O)N3CCC(Oc4cc(C(F)(F)F)ccn4)C3)n(C)n2)c1. The lowest BCUT2D eigenvalue weighted by Crippen LogP contribution is -2.32. The number of ether oxygens (including phenoxy) is 2. The highest BCUT2D eigenvalue weighted by atomic mass is 19.4. The first kappa shape index (κ1) is 21.7. The zero-order valence-electron chi connectivity index (χ0n) is 17.5. The van der Waals surface area contributed by atoms with Crippen LogP contribution in [0.25, 0.3) is 11.3 Å². The largest absolute Gasteiger partial charge is 0.497 e. The van der Waals surface area contributed by atoms with Crippen molar-refractivity contribution in [2.45, 2.75) is 18.7 Å². The van der Waals surface area contributed by atoms with E-state index in [1.807, 2.05) is 24.3 Å². The van der Waals surface area contributed by atoms with Crippen LogP contribution in [0.1, 0.15) is 22.5 Å². The molecule has 1 atom stereocenters. The zero-order valence-corrected chi connectivity index (χ0v) is 17.5. The summed E-state index contributed by atoms with van der Waals surface area (Å²) in [7, 11) is 3.26. The Bertz CT molecular complexity index is 1130. The van der Waals surface area contributed by atoms with E-state index in [0.29, 0.717) is 30.1 Å². The van der Waals surface area contributed by atoms with Gasteiger partial charge in [0.05, 0.1) is 24.9 Å². The number of halogens is 3. The summed E-state index contributed by atoms with van der Waals surface area (Å²) in [4.78, 5) is 18.5. The molecule has 1 unspecified atom stereocenters. The van der Waals surface area contributed by atoms with Gasteiger partial charge in [-0.05, 0) is 24.3 Å². The summed E-state index contributed by atoms with van der Waals surface area (Å²) >= 11 is 0. The van der Waals surface area contributed by atoms with Crippen molar-refractivity contribution >= 4 is 5.91 Å². The summed E-state index contributed by atoms with van der Waals surface area (Å²) in [5.41, 5.74) is 1.03. The van der Waals surface area contributed by atoms with Gasteiger partial charge in [0.15, 0.2) is 0 Å². The fraction of sp³-hybridized carbons (Fsp3) is 0.318. The highest BCUT2D eigenvalue weighted by Gasteiger charge is 2.33. The average Bonchev–Trinajstić information content (AvgIpc) is 3.40.